The summed E-state index contributed by atoms with van der Waals surface area (Å²) in [7, 11) is -3.10. The number of nitrogens with zero attached hydrogens (tertiary/aromatic N) is 3. The molecule has 0 aliphatic rings. The zero-order valence-corrected chi connectivity index (χ0v) is 13.6. The minimum atomic E-state index is -4.45. The van der Waals surface area contributed by atoms with Crippen molar-refractivity contribution in [3.63, 3.8) is 0 Å². The molecule has 0 spiro atoms. The highest BCUT2D eigenvalue weighted by atomic mass is 35.5. The molecular weight excluding hydrogens is 366 g/mol. The number of aromatic nitrogens is 3. The Balaban J connectivity index is 2.11. The summed E-state index contributed by atoms with van der Waals surface area (Å²) in [6.07, 6.45) is 0. The van der Waals surface area contributed by atoms with E-state index >= 15 is 0 Å². The topological polar surface area (TPSA) is 85.6 Å². The molecule has 24 heavy (non-hydrogen) atoms. The van der Waals surface area contributed by atoms with E-state index in [2.05, 4.69) is 10.1 Å². The van der Waals surface area contributed by atoms with Gasteiger partial charge in [-0.1, -0.05) is 17.7 Å². The van der Waals surface area contributed by atoms with Crippen LogP contribution >= 0.6 is 11.6 Å². The smallest absolute Gasteiger partial charge is 0.299 e. The molecule has 0 fully saturated rings. The first-order valence-electron chi connectivity index (χ1n) is 6.39. The lowest BCUT2D eigenvalue weighted by molar-refractivity contribution is 0.384. The standard InChI is InChI=1S/C13H9ClF2N4O3S/c1-23-10-6-5-7(14)12-17-13(18-20(10)12)24(21,22)19-11-8(15)3-2-4-9(11)16/h2-6,19H,1H3. The van der Waals surface area contributed by atoms with E-state index in [9.17, 15) is 17.2 Å². The third-order valence-electron chi connectivity index (χ3n) is 3.03. The minimum Gasteiger partial charge on any atom is -0.481 e. The fraction of sp³-hybridized carbons (Fsp3) is 0.0769. The van der Waals surface area contributed by atoms with Gasteiger partial charge in [0.25, 0.3) is 15.2 Å². The van der Waals surface area contributed by atoms with E-state index in [4.69, 9.17) is 16.3 Å². The second-order valence-electron chi connectivity index (χ2n) is 4.56. The molecule has 0 aliphatic heterocycles. The van der Waals surface area contributed by atoms with Crippen LogP contribution in [0.4, 0.5) is 14.5 Å². The number of methoxy groups -OCH3 is 1. The molecular formula is C13H9ClF2N4O3S. The lowest BCUT2D eigenvalue weighted by atomic mass is 10.3. The lowest BCUT2D eigenvalue weighted by Crippen LogP contribution is -2.16. The molecule has 0 aliphatic carbocycles. The largest absolute Gasteiger partial charge is 0.481 e. The summed E-state index contributed by atoms with van der Waals surface area (Å²) < 4.78 is 59.8. The van der Waals surface area contributed by atoms with Gasteiger partial charge in [-0.15, -0.1) is 5.10 Å². The molecule has 126 valence electrons. The number of halogens is 3. The van der Waals surface area contributed by atoms with Gasteiger partial charge < -0.3 is 4.74 Å². The van der Waals surface area contributed by atoms with Gasteiger partial charge in [0.15, 0.2) is 5.65 Å². The Kier molecular flexibility index (Phi) is 4.01. The number of hydrogen-bond donors (Lipinski definition) is 1. The van der Waals surface area contributed by atoms with Crippen LogP contribution in [0.2, 0.25) is 5.02 Å². The Morgan fingerprint density at radius 2 is 1.88 bits per heavy atom. The Bertz CT molecular complexity index is 1020. The SMILES string of the molecule is COc1ccc(Cl)c2nc(S(=O)(=O)Nc3c(F)cccc3F)nn12. The maximum atomic E-state index is 13.6. The van der Waals surface area contributed by atoms with E-state index in [1.165, 1.54) is 19.2 Å². The van der Waals surface area contributed by atoms with Crippen LogP contribution in [0.5, 0.6) is 5.88 Å². The number of ether oxygens (including phenoxy) is 1. The minimum absolute atomic E-state index is 0.0189. The number of hydrogen-bond acceptors (Lipinski definition) is 5. The van der Waals surface area contributed by atoms with Gasteiger partial charge >= 0.3 is 0 Å². The molecule has 0 unspecified atom stereocenters. The lowest BCUT2D eigenvalue weighted by Gasteiger charge is -2.06. The van der Waals surface area contributed by atoms with Crippen LogP contribution in [0.3, 0.4) is 0 Å². The van der Waals surface area contributed by atoms with Crippen LogP contribution < -0.4 is 9.46 Å². The normalized spacial score (nSPS) is 11.7. The van der Waals surface area contributed by atoms with Crippen molar-refractivity contribution >= 4 is 33.0 Å². The number of anilines is 1. The number of nitrogens with one attached hydrogen (secondary N) is 1. The predicted molar refractivity (Wildman–Crippen MR) is 81.7 cm³/mol. The van der Waals surface area contributed by atoms with Crippen molar-refractivity contribution in [3.05, 3.63) is 47.0 Å². The number of benzene rings is 1. The van der Waals surface area contributed by atoms with Crippen molar-refractivity contribution in [1.29, 1.82) is 0 Å². The van der Waals surface area contributed by atoms with Gasteiger partial charge in [-0.05, 0) is 18.2 Å². The van der Waals surface area contributed by atoms with Gasteiger partial charge in [0.2, 0.25) is 5.88 Å². The number of pyridine rings is 1. The first kappa shape index (κ1) is 16.4. The average molecular weight is 375 g/mol. The van der Waals surface area contributed by atoms with E-state index < -0.39 is 32.5 Å². The van der Waals surface area contributed by atoms with Crippen LogP contribution in [0.25, 0.3) is 5.65 Å². The molecule has 0 atom stereocenters. The van der Waals surface area contributed by atoms with Crippen molar-refractivity contribution in [1.82, 2.24) is 14.6 Å². The summed E-state index contributed by atoms with van der Waals surface area (Å²) in [4.78, 5) is 3.79. The van der Waals surface area contributed by atoms with Crippen molar-refractivity contribution in [2.24, 2.45) is 0 Å². The van der Waals surface area contributed by atoms with Crippen LogP contribution in [0.1, 0.15) is 0 Å². The van der Waals surface area contributed by atoms with Crippen LogP contribution in [0.15, 0.2) is 35.5 Å². The maximum absolute atomic E-state index is 13.6. The molecule has 0 saturated carbocycles. The highest BCUT2D eigenvalue weighted by Gasteiger charge is 2.25. The van der Waals surface area contributed by atoms with E-state index in [0.29, 0.717) is 0 Å². The Morgan fingerprint density at radius 1 is 1.21 bits per heavy atom. The molecule has 1 aromatic carbocycles. The van der Waals surface area contributed by atoms with Crippen LogP contribution in [-0.2, 0) is 10.0 Å². The van der Waals surface area contributed by atoms with Gasteiger partial charge in [0, 0.05) is 6.07 Å². The van der Waals surface area contributed by atoms with Gasteiger partial charge in [0.1, 0.15) is 17.3 Å². The number of sulfonamides is 1. The zero-order chi connectivity index (χ0) is 17.5. The first-order valence-corrected chi connectivity index (χ1v) is 8.25. The molecule has 0 bridgehead atoms. The molecule has 11 heteroatoms. The van der Waals surface area contributed by atoms with Gasteiger partial charge in [-0.2, -0.15) is 17.9 Å². The summed E-state index contributed by atoms with van der Waals surface area (Å²) in [6, 6.07) is 5.85. The highest BCUT2D eigenvalue weighted by molar-refractivity contribution is 7.92. The first-order chi connectivity index (χ1) is 11.3. The fourth-order valence-electron chi connectivity index (χ4n) is 1.93. The van der Waals surface area contributed by atoms with Crippen molar-refractivity contribution in [2.75, 3.05) is 11.8 Å². The summed E-state index contributed by atoms with van der Waals surface area (Å²) in [5.74, 6) is -1.96. The Morgan fingerprint density at radius 3 is 2.50 bits per heavy atom. The van der Waals surface area contributed by atoms with Crippen molar-refractivity contribution < 1.29 is 21.9 Å². The maximum Gasteiger partial charge on any atom is 0.299 e. The third kappa shape index (κ3) is 2.74. The molecule has 2 heterocycles. The van der Waals surface area contributed by atoms with E-state index in [1.807, 2.05) is 0 Å². The van der Waals surface area contributed by atoms with Crippen LogP contribution in [-0.4, -0.2) is 30.1 Å². The highest BCUT2D eigenvalue weighted by Crippen LogP contribution is 2.25. The van der Waals surface area contributed by atoms with Gasteiger partial charge in [0.05, 0.1) is 12.1 Å². The van der Waals surface area contributed by atoms with E-state index in [1.54, 1.807) is 4.72 Å². The molecule has 3 aromatic rings. The summed E-state index contributed by atoms with van der Waals surface area (Å²) in [5.41, 5.74) is -0.806. The number of fused-ring (bicyclic) bond motifs is 1. The number of rotatable bonds is 4. The molecule has 2 aromatic heterocycles. The Hall–Kier alpha value is -2.46. The van der Waals surface area contributed by atoms with Crippen molar-refractivity contribution in [3.8, 4) is 5.88 Å². The van der Waals surface area contributed by atoms with Crippen LogP contribution in [0, 0.1) is 11.6 Å². The predicted octanol–water partition coefficient (Wildman–Crippen LogP) is 2.47. The quantitative estimate of drug-likeness (QED) is 0.758. The van der Waals surface area contributed by atoms with E-state index in [-0.39, 0.29) is 16.5 Å². The second kappa shape index (κ2) is 5.87. The molecule has 0 saturated heterocycles. The molecule has 0 radical (unpaired) electrons. The zero-order valence-electron chi connectivity index (χ0n) is 12.0. The fourth-order valence-corrected chi connectivity index (χ4v) is 3.07. The number of para-hydroxylation sites is 1. The monoisotopic (exact) mass is 374 g/mol. The van der Waals surface area contributed by atoms with Gasteiger partial charge in [-0.3, -0.25) is 4.72 Å². The van der Waals surface area contributed by atoms with E-state index in [0.717, 1.165) is 22.7 Å². The molecule has 3 rings (SSSR count). The molecule has 7 nitrogen and oxygen atoms in total. The summed E-state index contributed by atoms with van der Waals surface area (Å²) in [5, 5.41) is 3.19. The summed E-state index contributed by atoms with van der Waals surface area (Å²) >= 11 is 5.95. The average Bonchev–Trinajstić information content (AvgIpc) is 2.99. The summed E-state index contributed by atoms with van der Waals surface area (Å²) in [6.45, 7) is 0. The molecule has 1 N–H and O–H groups in total. The Labute approximate surface area is 139 Å². The second-order valence-corrected chi connectivity index (χ2v) is 6.54. The molecule has 0 amide bonds. The third-order valence-corrected chi connectivity index (χ3v) is 4.45. The van der Waals surface area contributed by atoms with Gasteiger partial charge in [-0.25, -0.2) is 8.78 Å². The van der Waals surface area contributed by atoms with Crippen molar-refractivity contribution in [2.45, 2.75) is 5.16 Å².